The molecule has 2 rings (SSSR count). The van der Waals surface area contributed by atoms with Gasteiger partial charge in [-0.3, -0.25) is 0 Å². The molecule has 1 heterocycles. The Labute approximate surface area is 96.3 Å². The maximum absolute atomic E-state index is 8.94. The van der Waals surface area contributed by atoms with Gasteiger partial charge in [0.2, 0.25) is 5.95 Å². The van der Waals surface area contributed by atoms with Crippen molar-refractivity contribution in [1.29, 1.82) is 0 Å². The molecule has 1 aliphatic rings. The van der Waals surface area contributed by atoms with E-state index in [1.807, 2.05) is 0 Å². The van der Waals surface area contributed by atoms with Crippen LogP contribution in [0.3, 0.4) is 0 Å². The van der Waals surface area contributed by atoms with Crippen LogP contribution in [0.2, 0.25) is 0 Å². The van der Waals surface area contributed by atoms with E-state index in [0.717, 1.165) is 18.1 Å². The molecule has 0 amide bonds. The summed E-state index contributed by atoms with van der Waals surface area (Å²) in [5.41, 5.74) is 0.770. The Kier molecular flexibility index (Phi) is 3.72. The maximum atomic E-state index is 8.94. The van der Waals surface area contributed by atoms with E-state index in [2.05, 4.69) is 21.8 Å². The van der Waals surface area contributed by atoms with Crippen LogP contribution in [0.5, 0.6) is 0 Å². The van der Waals surface area contributed by atoms with E-state index in [0.29, 0.717) is 6.04 Å². The van der Waals surface area contributed by atoms with E-state index < -0.39 is 0 Å². The first kappa shape index (κ1) is 11.3. The monoisotopic (exact) mass is 221 g/mol. The first-order valence-corrected chi connectivity index (χ1v) is 6.03. The Morgan fingerprint density at radius 3 is 2.44 bits per heavy atom. The van der Waals surface area contributed by atoms with Gasteiger partial charge in [0.15, 0.2) is 0 Å². The van der Waals surface area contributed by atoms with Crippen LogP contribution in [0.1, 0.15) is 38.2 Å². The molecule has 0 bridgehead atoms. The van der Waals surface area contributed by atoms with E-state index in [4.69, 9.17) is 5.11 Å². The lowest BCUT2D eigenvalue weighted by atomic mass is 10.2. The zero-order valence-corrected chi connectivity index (χ0v) is 9.76. The minimum absolute atomic E-state index is 0.00976. The molecule has 0 aliphatic heterocycles. The predicted octanol–water partition coefficient (Wildman–Crippen LogP) is 1.74. The van der Waals surface area contributed by atoms with Crippen molar-refractivity contribution in [3.05, 3.63) is 18.0 Å². The molecule has 0 atom stereocenters. The van der Waals surface area contributed by atoms with Gasteiger partial charge < -0.3 is 10.0 Å². The molecule has 4 heteroatoms. The summed E-state index contributed by atoms with van der Waals surface area (Å²) in [7, 11) is 0. The lowest BCUT2D eigenvalue weighted by Gasteiger charge is -2.27. The van der Waals surface area contributed by atoms with Gasteiger partial charge in [0.1, 0.15) is 0 Å². The Morgan fingerprint density at radius 2 is 1.94 bits per heavy atom. The Balaban J connectivity index is 2.12. The smallest absolute Gasteiger partial charge is 0.225 e. The average molecular weight is 221 g/mol. The van der Waals surface area contributed by atoms with Gasteiger partial charge in [-0.25, -0.2) is 9.97 Å². The summed E-state index contributed by atoms with van der Waals surface area (Å²) in [6.07, 6.45) is 8.55. The van der Waals surface area contributed by atoms with Crippen LogP contribution in [0, 0.1) is 0 Å². The van der Waals surface area contributed by atoms with Gasteiger partial charge >= 0.3 is 0 Å². The van der Waals surface area contributed by atoms with E-state index >= 15 is 0 Å². The zero-order chi connectivity index (χ0) is 11.4. The van der Waals surface area contributed by atoms with Crippen molar-refractivity contribution in [2.45, 2.75) is 45.3 Å². The van der Waals surface area contributed by atoms with Crippen LogP contribution < -0.4 is 4.90 Å². The first-order valence-electron chi connectivity index (χ1n) is 6.03. The Morgan fingerprint density at radius 1 is 1.31 bits per heavy atom. The van der Waals surface area contributed by atoms with Gasteiger partial charge in [-0.2, -0.15) is 0 Å². The molecule has 0 aromatic carbocycles. The summed E-state index contributed by atoms with van der Waals surface area (Å²) in [4.78, 5) is 10.9. The van der Waals surface area contributed by atoms with E-state index in [-0.39, 0.29) is 6.61 Å². The molecular weight excluding hydrogens is 202 g/mol. The fraction of sp³-hybridized carbons (Fsp3) is 0.667. The Hall–Kier alpha value is -1.16. The lowest BCUT2D eigenvalue weighted by Crippen LogP contribution is -2.34. The molecule has 1 fully saturated rings. The topological polar surface area (TPSA) is 49.2 Å². The lowest BCUT2D eigenvalue weighted by molar-refractivity contribution is 0.281. The minimum atomic E-state index is 0.00976. The van der Waals surface area contributed by atoms with Crippen LogP contribution in [0.25, 0.3) is 0 Å². The molecule has 16 heavy (non-hydrogen) atoms. The quantitative estimate of drug-likeness (QED) is 0.841. The normalized spacial score (nSPS) is 16.6. The molecular formula is C12H19N3O. The Bertz CT molecular complexity index is 320. The molecule has 1 N–H and O–H groups in total. The summed E-state index contributed by atoms with van der Waals surface area (Å²) >= 11 is 0. The van der Waals surface area contributed by atoms with Crippen molar-refractivity contribution >= 4 is 5.95 Å². The summed E-state index contributed by atoms with van der Waals surface area (Å²) in [5.74, 6) is 0.798. The van der Waals surface area contributed by atoms with Gasteiger partial charge in [0, 0.05) is 30.5 Å². The van der Waals surface area contributed by atoms with Crippen molar-refractivity contribution in [2.24, 2.45) is 0 Å². The maximum Gasteiger partial charge on any atom is 0.225 e. The fourth-order valence-electron chi connectivity index (χ4n) is 2.36. The highest BCUT2D eigenvalue weighted by molar-refractivity contribution is 5.31. The van der Waals surface area contributed by atoms with Gasteiger partial charge in [-0.1, -0.05) is 12.8 Å². The highest BCUT2D eigenvalue weighted by atomic mass is 16.3. The second-order valence-electron chi connectivity index (χ2n) is 4.27. The number of aliphatic hydroxyl groups is 1. The number of nitrogens with zero attached hydrogens (tertiary/aromatic N) is 3. The predicted molar refractivity (Wildman–Crippen MR) is 63.2 cm³/mol. The van der Waals surface area contributed by atoms with Crippen molar-refractivity contribution < 1.29 is 5.11 Å². The average Bonchev–Trinajstić information content (AvgIpc) is 2.85. The van der Waals surface area contributed by atoms with Crippen molar-refractivity contribution in [3.63, 3.8) is 0 Å². The highest BCUT2D eigenvalue weighted by Gasteiger charge is 2.23. The number of hydrogen-bond acceptors (Lipinski definition) is 4. The van der Waals surface area contributed by atoms with Crippen molar-refractivity contribution in [1.82, 2.24) is 9.97 Å². The standard InChI is InChI=1S/C12H19N3O/c1-2-15(11-5-3-4-6-11)12-13-7-10(9-16)8-14-12/h7-8,11,16H,2-6,9H2,1H3. The number of hydrogen-bond donors (Lipinski definition) is 1. The number of anilines is 1. The third-order valence-electron chi connectivity index (χ3n) is 3.24. The fourth-order valence-corrected chi connectivity index (χ4v) is 2.36. The van der Waals surface area contributed by atoms with E-state index in [1.54, 1.807) is 12.4 Å². The van der Waals surface area contributed by atoms with Crippen LogP contribution in [-0.4, -0.2) is 27.7 Å². The number of aromatic nitrogens is 2. The van der Waals surface area contributed by atoms with Crippen LogP contribution in [-0.2, 0) is 6.61 Å². The summed E-state index contributed by atoms with van der Waals surface area (Å²) in [5, 5.41) is 8.94. The minimum Gasteiger partial charge on any atom is -0.392 e. The number of rotatable bonds is 4. The number of aliphatic hydroxyl groups excluding tert-OH is 1. The summed E-state index contributed by atoms with van der Waals surface area (Å²) < 4.78 is 0. The molecule has 0 saturated heterocycles. The second kappa shape index (κ2) is 5.25. The second-order valence-corrected chi connectivity index (χ2v) is 4.27. The van der Waals surface area contributed by atoms with Crippen molar-refractivity contribution in [2.75, 3.05) is 11.4 Å². The molecule has 1 saturated carbocycles. The SMILES string of the molecule is CCN(c1ncc(CO)cn1)C1CCCC1. The van der Waals surface area contributed by atoms with Gasteiger partial charge in [-0.15, -0.1) is 0 Å². The highest BCUT2D eigenvalue weighted by Crippen LogP contribution is 2.25. The largest absolute Gasteiger partial charge is 0.392 e. The van der Waals surface area contributed by atoms with E-state index in [1.165, 1.54) is 25.7 Å². The molecule has 1 aromatic heterocycles. The zero-order valence-electron chi connectivity index (χ0n) is 9.76. The molecule has 88 valence electrons. The molecule has 0 radical (unpaired) electrons. The van der Waals surface area contributed by atoms with Gasteiger partial charge in [0.25, 0.3) is 0 Å². The third-order valence-corrected chi connectivity index (χ3v) is 3.24. The molecule has 4 nitrogen and oxygen atoms in total. The van der Waals surface area contributed by atoms with Crippen molar-refractivity contribution in [3.8, 4) is 0 Å². The van der Waals surface area contributed by atoms with Crippen LogP contribution in [0.4, 0.5) is 5.95 Å². The van der Waals surface area contributed by atoms with E-state index in [9.17, 15) is 0 Å². The van der Waals surface area contributed by atoms with Crippen LogP contribution >= 0.6 is 0 Å². The third kappa shape index (κ3) is 2.32. The summed E-state index contributed by atoms with van der Waals surface area (Å²) in [6, 6.07) is 0.602. The molecule has 1 aromatic rings. The molecule has 0 unspecified atom stereocenters. The summed E-state index contributed by atoms with van der Waals surface area (Å²) in [6.45, 7) is 3.10. The van der Waals surface area contributed by atoms with Crippen LogP contribution in [0.15, 0.2) is 12.4 Å². The molecule has 1 aliphatic carbocycles. The first-order chi connectivity index (χ1) is 7.85. The van der Waals surface area contributed by atoms with Gasteiger partial charge in [-0.05, 0) is 19.8 Å². The molecule has 0 spiro atoms. The van der Waals surface area contributed by atoms with Gasteiger partial charge in [0.05, 0.1) is 6.61 Å².